The van der Waals surface area contributed by atoms with Crippen LogP contribution >= 0.6 is 0 Å². The van der Waals surface area contributed by atoms with Gasteiger partial charge in [-0.2, -0.15) is 0 Å². The molecule has 1 fully saturated rings. The van der Waals surface area contributed by atoms with E-state index in [2.05, 4.69) is 19.2 Å². The van der Waals surface area contributed by atoms with E-state index in [1.165, 1.54) is 0 Å². The normalized spacial score (nSPS) is 17.0. The predicted octanol–water partition coefficient (Wildman–Crippen LogP) is 3.30. The zero-order valence-electron chi connectivity index (χ0n) is 15.6. The Morgan fingerprint density at radius 1 is 1.28 bits per heavy atom. The molecule has 1 atom stereocenters. The Bertz CT molecular complexity index is 569. The highest BCUT2D eigenvalue weighted by molar-refractivity contribution is 5.85. The molecule has 0 bridgehead atoms. The quantitative estimate of drug-likeness (QED) is 0.786. The lowest BCUT2D eigenvalue weighted by Gasteiger charge is -2.25. The van der Waals surface area contributed by atoms with Crippen molar-refractivity contribution in [1.82, 2.24) is 10.2 Å². The molecule has 138 valence electrons. The van der Waals surface area contributed by atoms with Crippen molar-refractivity contribution in [2.45, 2.75) is 52.5 Å². The summed E-state index contributed by atoms with van der Waals surface area (Å²) in [6.45, 7) is 7.61. The van der Waals surface area contributed by atoms with Crippen LogP contribution in [0.4, 0.5) is 0 Å². The summed E-state index contributed by atoms with van der Waals surface area (Å²) in [7, 11) is 0. The third kappa shape index (κ3) is 5.76. The standard InChI is InChI=1S/C20H30N2O3/c1-4-25-17-10-8-16(9-11-17)18-6-5-13-22(18)20(24)14-21-19(23)12-7-15(2)3/h8-11,15,18H,4-7,12-14H2,1-3H3,(H,21,23). The van der Waals surface area contributed by atoms with Crippen molar-refractivity contribution in [3.05, 3.63) is 29.8 Å². The van der Waals surface area contributed by atoms with Gasteiger partial charge in [-0.25, -0.2) is 0 Å². The molecule has 1 aromatic rings. The van der Waals surface area contributed by atoms with Crippen molar-refractivity contribution in [2.24, 2.45) is 5.92 Å². The van der Waals surface area contributed by atoms with Crippen LogP contribution < -0.4 is 10.1 Å². The lowest BCUT2D eigenvalue weighted by atomic mass is 10.0. The maximum Gasteiger partial charge on any atom is 0.242 e. The molecule has 1 unspecified atom stereocenters. The number of likely N-dealkylation sites (tertiary alicyclic amines) is 1. The van der Waals surface area contributed by atoms with Crippen LogP contribution in [0, 0.1) is 5.92 Å². The number of hydrogen-bond donors (Lipinski definition) is 1. The second kappa shape index (κ2) is 9.44. The van der Waals surface area contributed by atoms with E-state index < -0.39 is 0 Å². The molecular formula is C20H30N2O3. The average molecular weight is 346 g/mol. The van der Waals surface area contributed by atoms with Crippen molar-refractivity contribution < 1.29 is 14.3 Å². The average Bonchev–Trinajstić information content (AvgIpc) is 3.08. The van der Waals surface area contributed by atoms with E-state index in [0.29, 0.717) is 18.9 Å². The van der Waals surface area contributed by atoms with Crippen molar-refractivity contribution in [3.8, 4) is 5.75 Å². The van der Waals surface area contributed by atoms with Crippen LogP contribution in [0.25, 0.3) is 0 Å². The molecule has 0 aromatic heterocycles. The molecule has 0 saturated carbocycles. The van der Waals surface area contributed by atoms with Gasteiger partial charge in [-0.15, -0.1) is 0 Å². The maximum atomic E-state index is 12.5. The zero-order chi connectivity index (χ0) is 18.2. The topological polar surface area (TPSA) is 58.6 Å². The van der Waals surface area contributed by atoms with E-state index in [1.807, 2.05) is 36.1 Å². The lowest BCUT2D eigenvalue weighted by molar-refractivity contribution is -0.133. The van der Waals surface area contributed by atoms with Gasteiger partial charge in [-0.3, -0.25) is 9.59 Å². The molecule has 2 amide bonds. The summed E-state index contributed by atoms with van der Waals surface area (Å²) < 4.78 is 5.47. The van der Waals surface area contributed by atoms with E-state index in [0.717, 1.165) is 37.1 Å². The van der Waals surface area contributed by atoms with E-state index >= 15 is 0 Å². The van der Waals surface area contributed by atoms with Crippen molar-refractivity contribution >= 4 is 11.8 Å². The summed E-state index contributed by atoms with van der Waals surface area (Å²) in [6.07, 6.45) is 3.28. The van der Waals surface area contributed by atoms with Gasteiger partial charge in [0.25, 0.3) is 0 Å². The van der Waals surface area contributed by atoms with Gasteiger partial charge in [-0.1, -0.05) is 26.0 Å². The summed E-state index contributed by atoms with van der Waals surface area (Å²) >= 11 is 0. The van der Waals surface area contributed by atoms with Crippen molar-refractivity contribution in [1.29, 1.82) is 0 Å². The highest BCUT2D eigenvalue weighted by atomic mass is 16.5. The summed E-state index contributed by atoms with van der Waals surface area (Å²) in [5, 5.41) is 2.76. The van der Waals surface area contributed by atoms with Gasteiger partial charge in [0.05, 0.1) is 19.2 Å². The first kappa shape index (κ1) is 19.3. The Kier molecular flexibility index (Phi) is 7.29. The van der Waals surface area contributed by atoms with Gasteiger partial charge in [0.2, 0.25) is 11.8 Å². The Labute approximate surface area is 150 Å². The van der Waals surface area contributed by atoms with Crippen LogP contribution in [-0.2, 0) is 9.59 Å². The van der Waals surface area contributed by atoms with Crippen LogP contribution in [0.1, 0.15) is 58.1 Å². The lowest BCUT2D eigenvalue weighted by Crippen LogP contribution is -2.39. The van der Waals surface area contributed by atoms with Gasteiger partial charge in [0, 0.05) is 13.0 Å². The van der Waals surface area contributed by atoms with Gasteiger partial charge in [-0.05, 0) is 49.8 Å². The molecule has 0 spiro atoms. The number of amides is 2. The van der Waals surface area contributed by atoms with Gasteiger partial charge < -0.3 is 15.0 Å². The number of carbonyl (C=O) groups is 2. The number of rotatable bonds is 8. The highest BCUT2D eigenvalue weighted by Crippen LogP contribution is 2.32. The minimum atomic E-state index is -0.0427. The van der Waals surface area contributed by atoms with Crippen molar-refractivity contribution in [2.75, 3.05) is 19.7 Å². The Hall–Kier alpha value is -2.04. The Balaban J connectivity index is 1.89. The molecule has 5 heteroatoms. The minimum Gasteiger partial charge on any atom is -0.494 e. The van der Waals surface area contributed by atoms with Gasteiger partial charge in [0.15, 0.2) is 0 Å². The molecule has 1 N–H and O–H groups in total. The molecule has 1 aliphatic heterocycles. The van der Waals surface area contributed by atoms with Crippen LogP contribution in [-0.4, -0.2) is 36.4 Å². The second-order valence-corrected chi connectivity index (χ2v) is 6.96. The van der Waals surface area contributed by atoms with Crippen LogP contribution in [0.3, 0.4) is 0 Å². The fourth-order valence-electron chi connectivity index (χ4n) is 3.15. The van der Waals surface area contributed by atoms with E-state index in [4.69, 9.17) is 4.74 Å². The second-order valence-electron chi connectivity index (χ2n) is 6.96. The van der Waals surface area contributed by atoms with Crippen molar-refractivity contribution in [3.63, 3.8) is 0 Å². The van der Waals surface area contributed by atoms with Crippen LogP contribution in [0.15, 0.2) is 24.3 Å². The summed E-state index contributed by atoms with van der Waals surface area (Å²) in [4.78, 5) is 26.2. The number of ether oxygens (including phenoxy) is 1. The molecule has 1 heterocycles. The van der Waals surface area contributed by atoms with E-state index in [9.17, 15) is 9.59 Å². The van der Waals surface area contributed by atoms with Gasteiger partial charge in [0.1, 0.15) is 5.75 Å². The monoisotopic (exact) mass is 346 g/mol. The zero-order valence-corrected chi connectivity index (χ0v) is 15.6. The Morgan fingerprint density at radius 3 is 2.64 bits per heavy atom. The number of benzene rings is 1. The van der Waals surface area contributed by atoms with Crippen LogP contribution in [0.2, 0.25) is 0 Å². The molecule has 2 rings (SSSR count). The third-order valence-corrected chi connectivity index (χ3v) is 4.53. The Morgan fingerprint density at radius 2 is 2.00 bits per heavy atom. The number of hydrogen-bond acceptors (Lipinski definition) is 3. The largest absolute Gasteiger partial charge is 0.494 e. The van der Waals surface area contributed by atoms with E-state index in [1.54, 1.807) is 0 Å². The molecule has 1 aliphatic rings. The molecule has 1 saturated heterocycles. The number of carbonyl (C=O) groups excluding carboxylic acids is 2. The summed E-state index contributed by atoms with van der Waals surface area (Å²) in [6, 6.07) is 8.06. The summed E-state index contributed by atoms with van der Waals surface area (Å²) in [5.74, 6) is 1.29. The summed E-state index contributed by atoms with van der Waals surface area (Å²) in [5.41, 5.74) is 1.13. The van der Waals surface area contributed by atoms with Gasteiger partial charge >= 0.3 is 0 Å². The molecule has 5 nitrogen and oxygen atoms in total. The first-order valence-corrected chi connectivity index (χ1v) is 9.30. The minimum absolute atomic E-state index is 0.00529. The maximum absolute atomic E-state index is 12.5. The first-order chi connectivity index (χ1) is 12.0. The molecule has 0 radical (unpaired) electrons. The molecular weight excluding hydrogens is 316 g/mol. The smallest absolute Gasteiger partial charge is 0.242 e. The SMILES string of the molecule is CCOc1ccc(C2CCCN2C(=O)CNC(=O)CCC(C)C)cc1. The molecule has 1 aromatic carbocycles. The molecule has 0 aliphatic carbocycles. The first-order valence-electron chi connectivity index (χ1n) is 9.30. The molecule has 25 heavy (non-hydrogen) atoms. The third-order valence-electron chi connectivity index (χ3n) is 4.53. The van der Waals surface area contributed by atoms with E-state index in [-0.39, 0.29) is 24.4 Å². The number of nitrogens with one attached hydrogen (secondary N) is 1. The highest BCUT2D eigenvalue weighted by Gasteiger charge is 2.29. The fourth-order valence-corrected chi connectivity index (χ4v) is 3.15. The number of nitrogens with zero attached hydrogens (tertiary/aromatic N) is 1. The fraction of sp³-hybridized carbons (Fsp3) is 0.600. The van der Waals surface area contributed by atoms with Crippen LogP contribution in [0.5, 0.6) is 5.75 Å². The predicted molar refractivity (Wildman–Crippen MR) is 98.4 cm³/mol.